The van der Waals surface area contributed by atoms with Crippen molar-refractivity contribution in [1.29, 1.82) is 0 Å². The third kappa shape index (κ3) is 2.43. The first-order valence-corrected chi connectivity index (χ1v) is 4.81. The second-order valence-electron chi connectivity index (χ2n) is 2.59. The Kier molecular flexibility index (Phi) is 3.29. The van der Waals surface area contributed by atoms with E-state index in [9.17, 15) is 0 Å². The lowest BCUT2D eigenvalue weighted by Gasteiger charge is -2.01. The van der Waals surface area contributed by atoms with Gasteiger partial charge in [0.15, 0.2) is 0 Å². The van der Waals surface area contributed by atoms with Gasteiger partial charge in [0.05, 0.1) is 0 Å². The van der Waals surface area contributed by atoms with Crippen molar-refractivity contribution in [2.45, 2.75) is 32.6 Å². The number of halogens is 1. The molecule has 0 aromatic carbocycles. The molecule has 0 spiro atoms. The Bertz CT molecular complexity index is 224. The van der Waals surface area contributed by atoms with Crippen molar-refractivity contribution in [3.8, 4) is 0 Å². The molecule has 1 unspecified atom stereocenters. The zero-order valence-corrected chi connectivity index (χ0v) is 8.83. The van der Waals surface area contributed by atoms with Gasteiger partial charge in [-0.3, -0.25) is 0 Å². The van der Waals surface area contributed by atoms with Crippen molar-refractivity contribution in [2.75, 3.05) is 0 Å². The quantitative estimate of drug-likeness (QED) is 0.789. The van der Waals surface area contributed by atoms with Gasteiger partial charge in [0.2, 0.25) is 9.72 Å². The third-order valence-electron chi connectivity index (χ3n) is 1.56. The number of nitrogens with zero attached hydrogens (tertiary/aromatic N) is 2. The second-order valence-corrected chi connectivity index (χ2v) is 3.56. The highest BCUT2D eigenvalue weighted by Gasteiger charge is 2.11. The molecule has 3 nitrogen and oxygen atoms in total. The minimum Gasteiger partial charge on any atom is -0.338 e. The lowest BCUT2D eigenvalue weighted by molar-refractivity contribution is 0.350. The van der Waals surface area contributed by atoms with Crippen LogP contribution in [0, 0.1) is 3.83 Å². The van der Waals surface area contributed by atoms with E-state index in [0.29, 0.717) is 9.75 Å². The largest absolute Gasteiger partial charge is 0.338 e. The van der Waals surface area contributed by atoms with Crippen LogP contribution >= 0.6 is 22.6 Å². The van der Waals surface area contributed by atoms with Crippen molar-refractivity contribution >= 4 is 22.6 Å². The summed E-state index contributed by atoms with van der Waals surface area (Å²) in [6.45, 7) is 4.25. The molecule has 0 N–H and O–H groups in total. The van der Waals surface area contributed by atoms with Gasteiger partial charge in [-0.25, -0.2) is 0 Å². The Hall–Kier alpha value is -0.130. The van der Waals surface area contributed by atoms with E-state index in [4.69, 9.17) is 4.52 Å². The highest BCUT2D eigenvalue weighted by molar-refractivity contribution is 14.1. The van der Waals surface area contributed by atoms with Crippen LogP contribution in [0.5, 0.6) is 0 Å². The molecule has 62 valence electrons. The van der Waals surface area contributed by atoms with E-state index >= 15 is 0 Å². The van der Waals surface area contributed by atoms with Gasteiger partial charge in [0.1, 0.15) is 0 Å². The van der Waals surface area contributed by atoms with Crippen molar-refractivity contribution < 1.29 is 4.52 Å². The first kappa shape index (κ1) is 8.96. The molecule has 0 aliphatic heterocycles. The summed E-state index contributed by atoms with van der Waals surface area (Å²) in [5.74, 6) is 1.16. The van der Waals surface area contributed by atoms with E-state index in [1.807, 2.05) is 22.6 Å². The molecule has 1 heterocycles. The van der Waals surface area contributed by atoms with Gasteiger partial charge >= 0.3 is 0 Å². The summed E-state index contributed by atoms with van der Waals surface area (Å²) in [7, 11) is 0. The summed E-state index contributed by atoms with van der Waals surface area (Å²) >= 11 is 2.05. The maximum atomic E-state index is 5.01. The van der Waals surface area contributed by atoms with Crippen LogP contribution in [-0.2, 0) is 0 Å². The first-order valence-electron chi connectivity index (χ1n) is 3.73. The summed E-state index contributed by atoms with van der Waals surface area (Å²) in [6.07, 6.45) is 2.26. The minimum atomic E-state index is 0.399. The topological polar surface area (TPSA) is 38.9 Å². The average Bonchev–Trinajstić information content (AvgIpc) is 2.36. The van der Waals surface area contributed by atoms with E-state index in [1.165, 1.54) is 0 Å². The van der Waals surface area contributed by atoms with Crippen molar-refractivity contribution in [3.63, 3.8) is 0 Å². The number of rotatable bonds is 3. The van der Waals surface area contributed by atoms with Gasteiger partial charge in [-0.05, 0) is 6.42 Å². The maximum absolute atomic E-state index is 5.01. The Morgan fingerprint density at radius 1 is 1.64 bits per heavy atom. The van der Waals surface area contributed by atoms with Crippen LogP contribution in [0.4, 0.5) is 0 Å². The Morgan fingerprint density at radius 2 is 2.36 bits per heavy atom. The van der Waals surface area contributed by atoms with Crippen LogP contribution in [0.1, 0.15) is 38.5 Å². The normalized spacial score (nSPS) is 13.4. The Labute approximate surface area is 79.7 Å². The number of hydrogen-bond acceptors (Lipinski definition) is 3. The molecule has 0 saturated carbocycles. The van der Waals surface area contributed by atoms with Crippen molar-refractivity contribution in [2.24, 2.45) is 0 Å². The van der Waals surface area contributed by atoms with Crippen LogP contribution < -0.4 is 0 Å². The van der Waals surface area contributed by atoms with Crippen LogP contribution in [-0.4, -0.2) is 10.1 Å². The standard InChI is InChI=1S/C7H11IN2O/c1-3-4-5(2)6-9-7(8)10-11-6/h5H,3-4H2,1-2H3. The van der Waals surface area contributed by atoms with Gasteiger partial charge in [-0.2, -0.15) is 4.98 Å². The SMILES string of the molecule is CCCC(C)c1nc(I)no1. The molecule has 0 radical (unpaired) electrons. The van der Waals surface area contributed by atoms with Crippen LogP contribution in [0.15, 0.2) is 4.52 Å². The highest BCUT2D eigenvalue weighted by atomic mass is 127. The van der Waals surface area contributed by atoms with Crippen molar-refractivity contribution in [1.82, 2.24) is 10.1 Å². The fourth-order valence-corrected chi connectivity index (χ4v) is 1.31. The van der Waals surface area contributed by atoms with Crippen LogP contribution in [0.25, 0.3) is 0 Å². The molecule has 4 heteroatoms. The van der Waals surface area contributed by atoms with E-state index in [1.54, 1.807) is 0 Å². The lowest BCUT2D eigenvalue weighted by atomic mass is 10.1. The monoisotopic (exact) mass is 266 g/mol. The lowest BCUT2D eigenvalue weighted by Crippen LogP contribution is -1.92. The van der Waals surface area contributed by atoms with E-state index in [0.717, 1.165) is 18.7 Å². The maximum Gasteiger partial charge on any atom is 0.232 e. The molecular formula is C7H11IN2O. The zero-order valence-electron chi connectivity index (χ0n) is 6.67. The molecule has 0 aliphatic rings. The first-order chi connectivity index (χ1) is 5.24. The van der Waals surface area contributed by atoms with Gasteiger partial charge in [-0.1, -0.05) is 25.4 Å². The average molecular weight is 266 g/mol. The highest BCUT2D eigenvalue weighted by Crippen LogP contribution is 2.18. The van der Waals surface area contributed by atoms with Gasteiger partial charge in [-0.15, -0.1) is 0 Å². The smallest absolute Gasteiger partial charge is 0.232 e. The van der Waals surface area contributed by atoms with E-state index in [2.05, 4.69) is 24.0 Å². The minimum absolute atomic E-state index is 0.399. The summed E-state index contributed by atoms with van der Waals surface area (Å²) < 4.78 is 5.70. The zero-order chi connectivity index (χ0) is 8.27. The van der Waals surface area contributed by atoms with E-state index in [-0.39, 0.29) is 0 Å². The molecule has 1 atom stereocenters. The number of aromatic nitrogens is 2. The molecular weight excluding hydrogens is 255 g/mol. The molecule has 1 aromatic heterocycles. The van der Waals surface area contributed by atoms with Gasteiger partial charge in [0.25, 0.3) is 0 Å². The Balaban J connectivity index is 2.60. The molecule has 1 aromatic rings. The fraction of sp³-hybridized carbons (Fsp3) is 0.714. The fourth-order valence-electron chi connectivity index (χ4n) is 0.973. The summed E-state index contributed by atoms with van der Waals surface area (Å²) in [5.41, 5.74) is 0. The summed E-state index contributed by atoms with van der Waals surface area (Å²) in [5, 5.41) is 3.72. The predicted molar refractivity (Wildman–Crippen MR) is 50.3 cm³/mol. The molecule has 0 aliphatic carbocycles. The molecule has 0 bridgehead atoms. The van der Waals surface area contributed by atoms with Gasteiger partial charge < -0.3 is 4.52 Å². The Morgan fingerprint density at radius 3 is 2.82 bits per heavy atom. The van der Waals surface area contributed by atoms with Crippen molar-refractivity contribution in [3.05, 3.63) is 9.72 Å². The van der Waals surface area contributed by atoms with Crippen LogP contribution in [0.2, 0.25) is 0 Å². The molecule has 0 fully saturated rings. The van der Waals surface area contributed by atoms with Crippen LogP contribution in [0.3, 0.4) is 0 Å². The molecule has 11 heavy (non-hydrogen) atoms. The number of hydrogen-bond donors (Lipinski definition) is 0. The second kappa shape index (κ2) is 4.04. The molecule has 0 amide bonds. The predicted octanol–water partition coefficient (Wildman–Crippen LogP) is 2.58. The summed E-state index contributed by atoms with van der Waals surface area (Å²) in [4.78, 5) is 4.14. The van der Waals surface area contributed by atoms with Gasteiger partial charge in [0, 0.05) is 28.5 Å². The van der Waals surface area contributed by atoms with E-state index < -0.39 is 0 Å². The third-order valence-corrected chi connectivity index (χ3v) is 2.00. The molecule has 1 rings (SSSR count). The molecule has 0 saturated heterocycles. The summed E-state index contributed by atoms with van der Waals surface area (Å²) in [6, 6.07) is 0.